The summed E-state index contributed by atoms with van der Waals surface area (Å²) < 4.78 is 0. The molecule has 6 heteroatoms. The summed E-state index contributed by atoms with van der Waals surface area (Å²) in [7, 11) is 0. The van der Waals surface area contributed by atoms with Gasteiger partial charge < -0.3 is 10.4 Å². The molecule has 0 radical (unpaired) electrons. The van der Waals surface area contributed by atoms with Crippen molar-refractivity contribution in [1.82, 2.24) is 5.43 Å². The van der Waals surface area contributed by atoms with E-state index in [1.807, 2.05) is 0 Å². The number of aromatic hydroxyl groups is 1. The van der Waals surface area contributed by atoms with Crippen LogP contribution in [0.15, 0.2) is 53.6 Å². The van der Waals surface area contributed by atoms with Gasteiger partial charge in [-0.2, -0.15) is 5.10 Å². The highest BCUT2D eigenvalue weighted by molar-refractivity contribution is 6.04. The second-order valence-electron chi connectivity index (χ2n) is 5.57. The van der Waals surface area contributed by atoms with E-state index in [0.717, 1.165) is 12.8 Å². The lowest BCUT2D eigenvalue weighted by Crippen LogP contribution is -2.21. The van der Waals surface area contributed by atoms with Gasteiger partial charge in [-0.1, -0.05) is 24.3 Å². The van der Waals surface area contributed by atoms with Crippen LogP contribution in [0.25, 0.3) is 0 Å². The van der Waals surface area contributed by atoms with Crippen molar-refractivity contribution in [2.24, 2.45) is 11.0 Å². The van der Waals surface area contributed by atoms with Crippen LogP contribution >= 0.6 is 0 Å². The van der Waals surface area contributed by atoms with Crippen molar-refractivity contribution < 1.29 is 14.7 Å². The van der Waals surface area contributed by atoms with Gasteiger partial charge in [0.25, 0.3) is 5.91 Å². The Morgan fingerprint density at radius 3 is 2.54 bits per heavy atom. The molecule has 0 unspecified atom stereocenters. The maximum atomic E-state index is 12.3. The Balaban J connectivity index is 1.68. The minimum Gasteiger partial charge on any atom is -0.507 e. The molecule has 0 atom stereocenters. The van der Waals surface area contributed by atoms with Gasteiger partial charge in [0.2, 0.25) is 5.91 Å². The molecule has 0 spiro atoms. The number of hydrogen-bond acceptors (Lipinski definition) is 4. The number of phenolic OH excluding ortho intramolecular Hbond substituents is 1. The van der Waals surface area contributed by atoms with Crippen LogP contribution in [0.4, 0.5) is 5.69 Å². The molecule has 2 aromatic rings. The predicted molar refractivity (Wildman–Crippen MR) is 91.0 cm³/mol. The van der Waals surface area contributed by atoms with Gasteiger partial charge in [0.1, 0.15) is 5.75 Å². The Hall–Kier alpha value is -3.15. The molecule has 1 aliphatic carbocycles. The lowest BCUT2D eigenvalue weighted by atomic mass is 10.1. The summed E-state index contributed by atoms with van der Waals surface area (Å²) >= 11 is 0. The van der Waals surface area contributed by atoms with Crippen LogP contribution in [0.1, 0.15) is 28.8 Å². The average Bonchev–Trinajstić information content (AvgIpc) is 3.42. The normalized spacial score (nSPS) is 13.7. The largest absolute Gasteiger partial charge is 0.507 e. The summed E-state index contributed by atoms with van der Waals surface area (Å²) in [6, 6.07) is 13.4. The zero-order valence-electron chi connectivity index (χ0n) is 12.9. The lowest BCUT2D eigenvalue weighted by molar-refractivity contribution is -0.117. The third-order valence-corrected chi connectivity index (χ3v) is 3.68. The average molecular weight is 323 g/mol. The molecule has 1 aliphatic rings. The van der Waals surface area contributed by atoms with E-state index < -0.39 is 5.91 Å². The van der Waals surface area contributed by atoms with Crippen molar-refractivity contribution in [2.75, 3.05) is 5.32 Å². The van der Waals surface area contributed by atoms with E-state index in [4.69, 9.17) is 0 Å². The maximum absolute atomic E-state index is 12.3. The molecule has 6 nitrogen and oxygen atoms in total. The van der Waals surface area contributed by atoms with Crippen molar-refractivity contribution in [3.05, 3.63) is 59.7 Å². The molecule has 1 fully saturated rings. The van der Waals surface area contributed by atoms with Crippen LogP contribution in [-0.2, 0) is 4.79 Å². The molecule has 0 saturated heterocycles. The minimum absolute atomic E-state index is 0.0557. The predicted octanol–water partition coefficient (Wildman–Crippen LogP) is 2.50. The van der Waals surface area contributed by atoms with E-state index >= 15 is 0 Å². The van der Waals surface area contributed by atoms with Crippen LogP contribution in [0.3, 0.4) is 0 Å². The third kappa shape index (κ3) is 3.78. The van der Waals surface area contributed by atoms with E-state index in [1.165, 1.54) is 12.3 Å². The molecule has 2 amide bonds. The van der Waals surface area contributed by atoms with Gasteiger partial charge in [-0.15, -0.1) is 0 Å². The number of para-hydroxylation sites is 2. The second kappa shape index (κ2) is 6.95. The molecule has 0 aromatic heterocycles. The molecule has 2 aromatic carbocycles. The van der Waals surface area contributed by atoms with Gasteiger partial charge in [0, 0.05) is 11.5 Å². The Labute approximate surface area is 139 Å². The molecule has 3 N–H and O–H groups in total. The van der Waals surface area contributed by atoms with Crippen molar-refractivity contribution >= 4 is 23.7 Å². The number of amides is 2. The number of nitrogens with zero attached hydrogens (tertiary/aromatic N) is 1. The van der Waals surface area contributed by atoms with E-state index in [9.17, 15) is 14.7 Å². The second-order valence-corrected chi connectivity index (χ2v) is 5.57. The van der Waals surface area contributed by atoms with Crippen LogP contribution in [0.2, 0.25) is 0 Å². The number of phenols is 1. The molecule has 1 saturated carbocycles. The lowest BCUT2D eigenvalue weighted by Gasteiger charge is -2.09. The SMILES string of the molecule is O=C(N/N=C\c1ccccc1O)c1ccccc1NC(=O)C1CC1. The summed E-state index contributed by atoms with van der Waals surface area (Å²) in [6.45, 7) is 0. The van der Waals surface area contributed by atoms with Crippen LogP contribution in [0, 0.1) is 5.92 Å². The van der Waals surface area contributed by atoms with Crippen LogP contribution in [-0.4, -0.2) is 23.1 Å². The van der Waals surface area contributed by atoms with Crippen LogP contribution < -0.4 is 10.7 Å². The number of hydrazone groups is 1. The fraction of sp³-hybridized carbons (Fsp3) is 0.167. The molecular weight excluding hydrogens is 306 g/mol. The first-order valence-corrected chi connectivity index (χ1v) is 7.66. The Bertz CT molecular complexity index is 798. The van der Waals surface area contributed by atoms with Gasteiger partial charge in [0.15, 0.2) is 0 Å². The standard InChI is InChI=1S/C18H17N3O3/c22-16-8-4-1-5-13(16)11-19-21-18(24)14-6-2-3-7-15(14)20-17(23)12-9-10-12/h1-8,11-12,22H,9-10H2,(H,20,23)(H,21,24)/b19-11-. The van der Waals surface area contributed by atoms with Gasteiger partial charge in [-0.05, 0) is 37.1 Å². The highest BCUT2D eigenvalue weighted by Crippen LogP contribution is 2.30. The maximum Gasteiger partial charge on any atom is 0.273 e. The molecule has 0 heterocycles. The molecular formula is C18H17N3O3. The minimum atomic E-state index is -0.437. The molecule has 0 aliphatic heterocycles. The summed E-state index contributed by atoms with van der Waals surface area (Å²) in [5, 5.41) is 16.3. The Kier molecular flexibility index (Phi) is 4.56. The molecule has 0 bridgehead atoms. The summed E-state index contributed by atoms with van der Waals surface area (Å²) in [6.07, 6.45) is 3.15. The molecule has 3 rings (SSSR count). The first-order valence-electron chi connectivity index (χ1n) is 7.66. The van der Waals surface area contributed by atoms with Crippen molar-refractivity contribution in [3.8, 4) is 5.75 Å². The smallest absolute Gasteiger partial charge is 0.273 e. The monoisotopic (exact) mass is 323 g/mol. The van der Waals surface area contributed by atoms with Gasteiger partial charge in [-0.3, -0.25) is 9.59 Å². The summed E-state index contributed by atoms with van der Waals surface area (Å²) in [4.78, 5) is 24.2. The summed E-state index contributed by atoms with van der Waals surface area (Å²) in [5.41, 5.74) is 3.69. The highest BCUT2D eigenvalue weighted by atomic mass is 16.3. The topological polar surface area (TPSA) is 90.8 Å². The zero-order valence-corrected chi connectivity index (χ0v) is 12.9. The van der Waals surface area contributed by atoms with Gasteiger partial charge in [0.05, 0.1) is 17.5 Å². The van der Waals surface area contributed by atoms with E-state index in [2.05, 4.69) is 15.8 Å². The number of anilines is 1. The Morgan fingerprint density at radius 2 is 1.79 bits per heavy atom. The van der Waals surface area contributed by atoms with Crippen molar-refractivity contribution in [2.45, 2.75) is 12.8 Å². The fourth-order valence-corrected chi connectivity index (χ4v) is 2.19. The number of carbonyl (C=O) groups excluding carboxylic acids is 2. The number of carbonyl (C=O) groups is 2. The highest BCUT2D eigenvalue weighted by Gasteiger charge is 2.30. The van der Waals surface area contributed by atoms with Crippen molar-refractivity contribution in [3.63, 3.8) is 0 Å². The van der Waals surface area contributed by atoms with Crippen molar-refractivity contribution in [1.29, 1.82) is 0 Å². The van der Waals surface area contributed by atoms with E-state index in [1.54, 1.807) is 42.5 Å². The fourth-order valence-electron chi connectivity index (χ4n) is 2.19. The molecule has 122 valence electrons. The van der Waals surface area contributed by atoms with E-state index in [0.29, 0.717) is 16.8 Å². The Morgan fingerprint density at radius 1 is 1.08 bits per heavy atom. The third-order valence-electron chi connectivity index (χ3n) is 3.68. The first kappa shape index (κ1) is 15.7. The molecule has 24 heavy (non-hydrogen) atoms. The van der Waals surface area contributed by atoms with Gasteiger partial charge in [-0.25, -0.2) is 5.43 Å². The number of nitrogens with one attached hydrogen (secondary N) is 2. The zero-order chi connectivity index (χ0) is 16.9. The van der Waals surface area contributed by atoms with Gasteiger partial charge >= 0.3 is 0 Å². The number of rotatable bonds is 5. The first-order chi connectivity index (χ1) is 11.6. The number of benzene rings is 2. The van der Waals surface area contributed by atoms with E-state index in [-0.39, 0.29) is 17.6 Å². The summed E-state index contributed by atoms with van der Waals surface area (Å²) in [5.74, 6) is -0.367. The quantitative estimate of drug-likeness (QED) is 0.583. The number of hydrogen-bond donors (Lipinski definition) is 3. The van der Waals surface area contributed by atoms with Crippen LogP contribution in [0.5, 0.6) is 5.75 Å².